The predicted octanol–water partition coefficient (Wildman–Crippen LogP) is 3.90. The highest BCUT2D eigenvalue weighted by molar-refractivity contribution is 5.91. The van der Waals surface area contributed by atoms with Gasteiger partial charge in [0, 0.05) is 12.1 Å². The molecule has 2 aromatic rings. The molecule has 24 heavy (non-hydrogen) atoms. The van der Waals surface area contributed by atoms with E-state index in [4.69, 9.17) is 4.74 Å². The van der Waals surface area contributed by atoms with Crippen LogP contribution in [0.5, 0.6) is 5.75 Å². The number of aliphatic hydroxyl groups is 1. The highest BCUT2D eigenvalue weighted by Gasteiger charge is 2.06. The Labute approximate surface area is 143 Å². The third kappa shape index (κ3) is 5.10. The van der Waals surface area contributed by atoms with Gasteiger partial charge in [-0.25, -0.2) is 0 Å². The number of hydrogen-bond acceptors (Lipinski definition) is 3. The van der Waals surface area contributed by atoms with Gasteiger partial charge >= 0.3 is 0 Å². The summed E-state index contributed by atoms with van der Waals surface area (Å²) >= 11 is 0. The fourth-order valence-electron chi connectivity index (χ4n) is 2.49. The summed E-state index contributed by atoms with van der Waals surface area (Å²) in [5.41, 5.74) is 4.83. The summed E-state index contributed by atoms with van der Waals surface area (Å²) in [6.45, 7) is 6.47. The minimum Gasteiger partial charge on any atom is -0.493 e. The van der Waals surface area contributed by atoms with Crippen LogP contribution >= 0.6 is 0 Å². The van der Waals surface area contributed by atoms with Crippen molar-refractivity contribution >= 4 is 11.6 Å². The van der Waals surface area contributed by atoms with Crippen LogP contribution in [0.1, 0.15) is 35.1 Å². The van der Waals surface area contributed by atoms with Crippen LogP contribution < -0.4 is 10.1 Å². The van der Waals surface area contributed by atoms with Crippen molar-refractivity contribution < 1.29 is 14.6 Å². The second-order valence-electron chi connectivity index (χ2n) is 6.08. The highest BCUT2D eigenvalue weighted by atomic mass is 16.5. The zero-order valence-corrected chi connectivity index (χ0v) is 14.6. The first-order valence-corrected chi connectivity index (χ1v) is 8.20. The number of nitrogens with one attached hydrogen (secondary N) is 1. The first-order chi connectivity index (χ1) is 11.5. The number of hydrogen-bond donors (Lipinski definition) is 2. The molecule has 4 heteroatoms. The van der Waals surface area contributed by atoms with E-state index in [0.29, 0.717) is 19.4 Å². The summed E-state index contributed by atoms with van der Waals surface area (Å²) in [7, 11) is 0. The normalized spacial score (nSPS) is 10.5. The van der Waals surface area contributed by atoms with Crippen molar-refractivity contribution in [2.75, 3.05) is 11.9 Å². The second-order valence-corrected chi connectivity index (χ2v) is 6.08. The van der Waals surface area contributed by atoms with Crippen LogP contribution in [0.25, 0.3) is 0 Å². The maximum atomic E-state index is 12.1. The lowest BCUT2D eigenvalue weighted by molar-refractivity contribution is -0.116. The van der Waals surface area contributed by atoms with Crippen molar-refractivity contribution in [3.63, 3.8) is 0 Å². The SMILES string of the molecule is Cc1ccc(OCCCC(=O)Nc2cc(CO)ccc2C)c(C)c1. The van der Waals surface area contributed by atoms with Crippen molar-refractivity contribution in [2.24, 2.45) is 0 Å². The Balaban J connectivity index is 1.79. The standard InChI is InChI=1S/C20H25NO3/c1-14-6-9-19(16(3)11-14)24-10-4-5-20(23)21-18-12-17(13-22)8-7-15(18)2/h6-9,11-12,22H,4-5,10,13H2,1-3H3,(H,21,23). The lowest BCUT2D eigenvalue weighted by Crippen LogP contribution is -2.14. The first kappa shape index (κ1) is 18.0. The molecule has 0 radical (unpaired) electrons. The third-order valence-corrected chi connectivity index (χ3v) is 3.89. The van der Waals surface area contributed by atoms with E-state index in [1.165, 1.54) is 5.56 Å². The van der Waals surface area contributed by atoms with E-state index in [-0.39, 0.29) is 12.5 Å². The molecular formula is C20H25NO3. The number of carbonyl (C=O) groups is 1. The van der Waals surface area contributed by atoms with Gasteiger partial charge in [-0.05, 0) is 56.0 Å². The minimum absolute atomic E-state index is 0.0348. The van der Waals surface area contributed by atoms with Gasteiger partial charge in [-0.1, -0.05) is 29.8 Å². The fraction of sp³-hybridized carbons (Fsp3) is 0.350. The Morgan fingerprint density at radius 2 is 1.88 bits per heavy atom. The lowest BCUT2D eigenvalue weighted by atomic mass is 10.1. The van der Waals surface area contributed by atoms with Crippen LogP contribution in [0.15, 0.2) is 36.4 Å². The second kappa shape index (κ2) is 8.50. The Hall–Kier alpha value is -2.33. The molecular weight excluding hydrogens is 302 g/mol. The van der Waals surface area contributed by atoms with E-state index in [1.54, 1.807) is 6.07 Å². The summed E-state index contributed by atoms with van der Waals surface area (Å²) in [5, 5.41) is 12.1. The average molecular weight is 327 g/mol. The summed E-state index contributed by atoms with van der Waals surface area (Å²) in [6.07, 6.45) is 1.05. The molecule has 0 aliphatic heterocycles. The summed E-state index contributed by atoms with van der Waals surface area (Å²) in [6, 6.07) is 11.6. The van der Waals surface area contributed by atoms with E-state index < -0.39 is 0 Å². The van der Waals surface area contributed by atoms with Crippen molar-refractivity contribution in [3.05, 3.63) is 58.7 Å². The zero-order valence-electron chi connectivity index (χ0n) is 14.6. The highest BCUT2D eigenvalue weighted by Crippen LogP contribution is 2.19. The molecule has 2 rings (SSSR count). The van der Waals surface area contributed by atoms with Gasteiger partial charge in [0.25, 0.3) is 0 Å². The number of aryl methyl sites for hydroxylation is 3. The molecule has 0 saturated carbocycles. The Bertz CT molecular complexity index is 710. The molecule has 0 atom stereocenters. The monoisotopic (exact) mass is 327 g/mol. The molecule has 1 amide bonds. The van der Waals surface area contributed by atoms with E-state index in [0.717, 1.165) is 28.1 Å². The Kier molecular flexibility index (Phi) is 6.38. The molecule has 0 aliphatic carbocycles. The third-order valence-electron chi connectivity index (χ3n) is 3.89. The molecule has 2 aromatic carbocycles. The summed E-state index contributed by atoms with van der Waals surface area (Å²) in [5.74, 6) is 0.824. The summed E-state index contributed by atoms with van der Waals surface area (Å²) in [4.78, 5) is 12.1. The molecule has 0 saturated heterocycles. The molecule has 0 bridgehead atoms. The molecule has 128 valence electrons. The minimum atomic E-state index is -0.0441. The molecule has 0 fully saturated rings. The largest absolute Gasteiger partial charge is 0.493 e. The molecule has 0 unspecified atom stereocenters. The molecule has 0 heterocycles. The van der Waals surface area contributed by atoms with E-state index in [2.05, 4.69) is 18.3 Å². The van der Waals surface area contributed by atoms with E-state index >= 15 is 0 Å². The van der Waals surface area contributed by atoms with Crippen LogP contribution in [0, 0.1) is 20.8 Å². The summed E-state index contributed by atoms with van der Waals surface area (Å²) < 4.78 is 5.74. The topological polar surface area (TPSA) is 58.6 Å². The van der Waals surface area contributed by atoms with Gasteiger partial charge in [-0.2, -0.15) is 0 Å². The van der Waals surface area contributed by atoms with Crippen molar-refractivity contribution in [1.29, 1.82) is 0 Å². The number of aliphatic hydroxyl groups excluding tert-OH is 1. The van der Waals surface area contributed by atoms with Gasteiger partial charge in [-0.3, -0.25) is 4.79 Å². The molecule has 4 nitrogen and oxygen atoms in total. The predicted molar refractivity (Wildman–Crippen MR) is 96.4 cm³/mol. The van der Waals surface area contributed by atoms with Crippen LogP contribution in [0.2, 0.25) is 0 Å². The Morgan fingerprint density at radius 3 is 2.58 bits per heavy atom. The average Bonchev–Trinajstić information content (AvgIpc) is 2.55. The number of amides is 1. The number of benzene rings is 2. The van der Waals surface area contributed by atoms with Gasteiger partial charge < -0.3 is 15.2 Å². The molecule has 0 aliphatic rings. The molecule has 2 N–H and O–H groups in total. The molecule has 0 spiro atoms. The van der Waals surface area contributed by atoms with Crippen LogP contribution in [0.3, 0.4) is 0 Å². The number of carbonyl (C=O) groups excluding carboxylic acids is 1. The number of anilines is 1. The van der Waals surface area contributed by atoms with Crippen LogP contribution in [-0.4, -0.2) is 17.6 Å². The van der Waals surface area contributed by atoms with E-state index in [1.807, 2.05) is 38.1 Å². The smallest absolute Gasteiger partial charge is 0.224 e. The van der Waals surface area contributed by atoms with Gasteiger partial charge in [0.1, 0.15) is 5.75 Å². The quantitative estimate of drug-likeness (QED) is 0.758. The van der Waals surface area contributed by atoms with Crippen molar-refractivity contribution in [2.45, 2.75) is 40.2 Å². The van der Waals surface area contributed by atoms with E-state index in [9.17, 15) is 9.90 Å². The van der Waals surface area contributed by atoms with Crippen LogP contribution in [-0.2, 0) is 11.4 Å². The molecule has 0 aromatic heterocycles. The number of ether oxygens (including phenoxy) is 1. The number of rotatable bonds is 7. The zero-order chi connectivity index (χ0) is 17.5. The van der Waals surface area contributed by atoms with Gasteiger partial charge in [0.05, 0.1) is 13.2 Å². The van der Waals surface area contributed by atoms with Crippen molar-refractivity contribution in [1.82, 2.24) is 0 Å². The fourth-order valence-corrected chi connectivity index (χ4v) is 2.49. The van der Waals surface area contributed by atoms with Gasteiger partial charge in [0.15, 0.2) is 0 Å². The lowest BCUT2D eigenvalue weighted by Gasteiger charge is -2.11. The first-order valence-electron chi connectivity index (χ1n) is 8.20. The van der Waals surface area contributed by atoms with Crippen LogP contribution in [0.4, 0.5) is 5.69 Å². The van der Waals surface area contributed by atoms with Crippen molar-refractivity contribution in [3.8, 4) is 5.75 Å². The Morgan fingerprint density at radius 1 is 1.08 bits per heavy atom. The van der Waals surface area contributed by atoms with Gasteiger partial charge in [-0.15, -0.1) is 0 Å². The van der Waals surface area contributed by atoms with Gasteiger partial charge in [0.2, 0.25) is 5.91 Å². The maximum absolute atomic E-state index is 12.1. The maximum Gasteiger partial charge on any atom is 0.224 e.